The second-order valence-corrected chi connectivity index (χ2v) is 4.06. The number of piperidine rings is 1. The summed E-state index contributed by atoms with van der Waals surface area (Å²) < 4.78 is 39.2. The summed E-state index contributed by atoms with van der Waals surface area (Å²) in [4.78, 5) is 2.06. The zero-order valence-corrected chi connectivity index (χ0v) is 9.30. The van der Waals surface area contributed by atoms with E-state index in [-0.39, 0.29) is 6.61 Å². The number of hydrogen-bond acceptors (Lipinski definition) is 3. The number of hydrogen-bond donors (Lipinski definition) is 1. The second-order valence-electron chi connectivity index (χ2n) is 4.06. The van der Waals surface area contributed by atoms with E-state index in [1.807, 2.05) is 0 Å². The molecule has 1 aliphatic rings. The van der Waals surface area contributed by atoms with E-state index < -0.39 is 6.36 Å². The normalized spacial score (nSPS) is 23.6. The first-order valence-corrected chi connectivity index (χ1v) is 5.68. The molecule has 0 amide bonds. The summed E-state index contributed by atoms with van der Waals surface area (Å²) in [5.74, 6) is 0. The van der Waals surface area contributed by atoms with Gasteiger partial charge in [0.1, 0.15) is 0 Å². The third-order valence-electron chi connectivity index (χ3n) is 2.89. The largest absolute Gasteiger partial charge is 0.522 e. The van der Waals surface area contributed by atoms with Crippen LogP contribution in [0.15, 0.2) is 0 Å². The molecule has 2 N–H and O–H groups in total. The molecule has 1 rings (SSSR count). The van der Waals surface area contributed by atoms with Crippen molar-refractivity contribution >= 4 is 0 Å². The smallest absolute Gasteiger partial charge is 0.330 e. The van der Waals surface area contributed by atoms with Crippen molar-refractivity contribution in [3.63, 3.8) is 0 Å². The standard InChI is InChI=1S/C10H19F3N2O/c11-10(12,13)16-8-7-15-6-2-1-3-9(15)4-5-14/h9H,1-8,14H2. The lowest BCUT2D eigenvalue weighted by molar-refractivity contribution is -0.325. The Kier molecular flexibility index (Phi) is 5.51. The van der Waals surface area contributed by atoms with Crippen molar-refractivity contribution in [1.29, 1.82) is 0 Å². The van der Waals surface area contributed by atoms with Crippen LogP contribution in [0.1, 0.15) is 25.7 Å². The number of alkyl halides is 3. The Balaban J connectivity index is 2.27. The van der Waals surface area contributed by atoms with Crippen LogP contribution in [0.4, 0.5) is 13.2 Å². The zero-order valence-electron chi connectivity index (χ0n) is 9.30. The Labute approximate surface area is 93.7 Å². The second kappa shape index (κ2) is 6.42. The van der Waals surface area contributed by atoms with Gasteiger partial charge in [0.15, 0.2) is 0 Å². The van der Waals surface area contributed by atoms with Crippen LogP contribution in [0.5, 0.6) is 0 Å². The van der Waals surface area contributed by atoms with E-state index in [0.717, 1.165) is 32.2 Å². The highest BCUT2D eigenvalue weighted by molar-refractivity contribution is 4.76. The van der Waals surface area contributed by atoms with Gasteiger partial charge < -0.3 is 5.73 Å². The van der Waals surface area contributed by atoms with E-state index in [2.05, 4.69) is 9.64 Å². The number of ether oxygens (including phenoxy) is 1. The first kappa shape index (κ1) is 13.7. The van der Waals surface area contributed by atoms with Crippen LogP contribution in [-0.2, 0) is 4.74 Å². The molecule has 0 spiro atoms. The summed E-state index contributed by atoms with van der Waals surface area (Å²) in [7, 11) is 0. The van der Waals surface area contributed by atoms with Crippen LogP contribution in [0.3, 0.4) is 0 Å². The molecule has 1 unspecified atom stereocenters. The van der Waals surface area contributed by atoms with E-state index in [1.165, 1.54) is 0 Å². The summed E-state index contributed by atoms with van der Waals surface area (Å²) in [5.41, 5.74) is 5.48. The van der Waals surface area contributed by atoms with Gasteiger partial charge in [0, 0.05) is 12.6 Å². The number of nitrogens with zero attached hydrogens (tertiary/aromatic N) is 1. The molecule has 96 valence electrons. The maximum absolute atomic E-state index is 11.8. The highest BCUT2D eigenvalue weighted by Gasteiger charge is 2.29. The molecule has 0 bridgehead atoms. The molecule has 1 saturated heterocycles. The van der Waals surface area contributed by atoms with Gasteiger partial charge in [-0.2, -0.15) is 0 Å². The molecular weight excluding hydrogens is 221 g/mol. The first-order chi connectivity index (χ1) is 7.53. The van der Waals surface area contributed by atoms with Gasteiger partial charge in [0.2, 0.25) is 0 Å². The fraction of sp³-hybridized carbons (Fsp3) is 1.00. The van der Waals surface area contributed by atoms with Gasteiger partial charge in [-0.3, -0.25) is 9.64 Å². The minimum atomic E-state index is -4.51. The summed E-state index contributed by atoms with van der Waals surface area (Å²) in [6.07, 6.45) is -0.442. The molecular formula is C10H19F3N2O. The molecule has 6 heteroatoms. The van der Waals surface area contributed by atoms with Crippen LogP contribution in [0, 0.1) is 0 Å². The van der Waals surface area contributed by atoms with Crippen LogP contribution in [-0.4, -0.2) is 43.5 Å². The minimum absolute atomic E-state index is 0.287. The monoisotopic (exact) mass is 240 g/mol. The van der Waals surface area contributed by atoms with Crippen LogP contribution >= 0.6 is 0 Å². The molecule has 0 aliphatic carbocycles. The number of nitrogens with two attached hydrogens (primary N) is 1. The Morgan fingerprint density at radius 2 is 2.06 bits per heavy atom. The lowest BCUT2D eigenvalue weighted by atomic mass is 9.99. The molecule has 16 heavy (non-hydrogen) atoms. The lowest BCUT2D eigenvalue weighted by Crippen LogP contribution is -2.42. The van der Waals surface area contributed by atoms with E-state index >= 15 is 0 Å². The topological polar surface area (TPSA) is 38.5 Å². The summed E-state index contributed by atoms with van der Waals surface area (Å²) in [6.45, 7) is 1.49. The predicted molar refractivity (Wildman–Crippen MR) is 54.9 cm³/mol. The molecule has 0 aromatic carbocycles. The van der Waals surface area contributed by atoms with E-state index in [1.54, 1.807) is 0 Å². The van der Waals surface area contributed by atoms with Gasteiger partial charge in [-0.25, -0.2) is 0 Å². The van der Waals surface area contributed by atoms with Crippen molar-refractivity contribution in [3.8, 4) is 0 Å². The summed E-state index contributed by atoms with van der Waals surface area (Å²) in [6, 6.07) is 0.329. The minimum Gasteiger partial charge on any atom is -0.330 e. The third kappa shape index (κ3) is 5.14. The average Bonchev–Trinajstić information content (AvgIpc) is 2.19. The fourth-order valence-corrected chi connectivity index (χ4v) is 2.15. The molecule has 0 saturated carbocycles. The SMILES string of the molecule is NCCC1CCCCN1CCOC(F)(F)F. The fourth-order valence-electron chi connectivity index (χ4n) is 2.15. The lowest BCUT2D eigenvalue weighted by Gasteiger charge is -2.35. The summed E-state index contributed by atoms with van der Waals surface area (Å²) >= 11 is 0. The molecule has 0 aromatic heterocycles. The highest BCUT2D eigenvalue weighted by Crippen LogP contribution is 2.20. The van der Waals surface area contributed by atoms with Crippen molar-refractivity contribution in [1.82, 2.24) is 4.90 Å². The van der Waals surface area contributed by atoms with Gasteiger partial charge in [0.05, 0.1) is 6.61 Å². The molecule has 0 radical (unpaired) electrons. The molecule has 0 aromatic rings. The van der Waals surface area contributed by atoms with E-state index in [0.29, 0.717) is 19.1 Å². The van der Waals surface area contributed by atoms with E-state index in [9.17, 15) is 13.2 Å². The van der Waals surface area contributed by atoms with Crippen LogP contribution < -0.4 is 5.73 Å². The Morgan fingerprint density at radius 1 is 1.31 bits per heavy atom. The van der Waals surface area contributed by atoms with Gasteiger partial charge >= 0.3 is 6.36 Å². The average molecular weight is 240 g/mol. The Bertz CT molecular complexity index is 197. The summed E-state index contributed by atoms with van der Waals surface area (Å²) in [5, 5.41) is 0. The molecule has 1 fully saturated rings. The number of rotatable bonds is 5. The van der Waals surface area contributed by atoms with Gasteiger partial charge in [-0.1, -0.05) is 6.42 Å². The van der Waals surface area contributed by atoms with E-state index in [4.69, 9.17) is 5.73 Å². The van der Waals surface area contributed by atoms with Crippen LogP contribution in [0.2, 0.25) is 0 Å². The van der Waals surface area contributed by atoms with Crippen LogP contribution in [0.25, 0.3) is 0 Å². The maximum atomic E-state index is 11.8. The van der Waals surface area contributed by atoms with Crippen molar-refractivity contribution < 1.29 is 17.9 Å². The predicted octanol–water partition coefficient (Wildman–Crippen LogP) is 1.73. The first-order valence-electron chi connectivity index (χ1n) is 5.68. The van der Waals surface area contributed by atoms with Crippen molar-refractivity contribution in [3.05, 3.63) is 0 Å². The molecule has 1 heterocycles. The van der Waals surface area contributed by atoms with Gasteiger partial charge in [-0.15, -0.1) is 13.2 Å². The van der Waals surface area contributed by atoms with Crippen molar-refractivity contribution in [2.45, 2.75) is 38.1 Å². The van der Waals surface area contributed by atoms with Crippen molar-refractivity contribution in [2.75, 3.05) is 26.2 Å². The van der Waals surface area contributed by atoms with Crippen molar-refractivity contribution in [2.24, 2.45) is 5.73 Å². The molecule has 3 nitrogen and oxygen atoms in total. The maximum Gasteiger partial charge on any atom is 0.522 e. The third-order valence-corrected chi connectivity index (χ3v) is 2.89. The Morgan fingerprint density at radius 3 is 2.69 bits per heavy atom. The molecule has 1 aliphatic heterocycles. The Hall–Kier alpha value is -0.330. The number of likely N-dealkylation sites (tertiary alicyclic amines) is 1. The van der Waals surface area contributed by atoms with Gasteiger partial charge in [0.25, 0.3) is 0 Å². The number of halogens is 3. The quantitative estimate of drug-likeness (QED) is 0.795. The molecule has 1 atom stereocenters. The zero-order chi connectivity index (χ0) is 12.0. The highest BCUT2D eigenvalue weighted by atomic mass is 19.4. The van der Waals surface area contributed by atoms with Gasteiger partial charge in [-0.05, 0) is 32.4 Å².